The number of rotatable bonds is 4. The summed E-state index contributed by atoms with van der Waals surface area (Å²) in [6, 6.07) is 0.296. The first-order chi connectivity index (χ1) is 8.92. The number of alkyl halides is 3. The fraction of sp³-hybridized carbons (Fsp3) is 0.750. The molecule has 1 aliphatic heterocycles. The van der Waals surface area contributed by atoms with Crippen LogP contribution in [0.5, 0.6) is 0 Å². The van der Waals surface area contributed by atoms with Crippen LogP contribution >= 0.6 is 0 Å². The normalized spacial score (nSPS) is 18.9. The summed E-state index contributed by atoms with van der Waals surface area (Å²) in [6.07, 6.45) is 1.17. The van der Waals surface area contributed by atoms with Crippen LogP contribution in [0.4, 0.5) is 13.2 Å². The molecule has 1 aromatic heterocycles. The number of likely N-dealkylation sites (tertiary alicyclic amines) is 1. The van der Waals surface area contributed by atoms with Crippen molar-refractivity contribution >= 4 is 0 Å². The molecule has 0 spiro atoms. The number of halogens is 3. The molecule has 19 heavy (non-hydrogen) atoms. The molecule has 0 amide bonds. The maximum Gasteiger partial charge on any atom is 0.401 e. The lowest BCUT2D eigenvalue weighted by atomic mass is 10.0. The van der Waals surface area contributed by atoms with E-state index in [1.165, 1.54) is 4.90 Å². The van der Waals surface area contributed by atoms with Crippen LogP contribution < -0.4 is 5.32 Å². The Morgan fingerprint density at radius 1 is 1.37 bits per heavy atom. The van der Waals surface area contributed by atoms with Crippen molar-refractivity contribution in [2.45, 2.75) is 31.6 Å². The van der Waals surface area contributed by atoms with E-state index in [1.54, 1.807) is 10.9 Å². The minimum Gasteiger partial charge on any atom is -0.310 e. The Hall–Kier alpha value is -1.08. The van der Waals surface area contributed by atoms with Crippen molar-refractivity contribution in [3.05, 3.63) is 18.0 Å². The standard InChI is InChI=1S/C12H19F3N4/c1-18-8-10(7-17-18)6-16-11-2-4-19(5-3-11)9-12(13,14)15/h7-8,11,16H,2-6,9H2,1H3. The molecule has 108 valence electrons. The summed E-state index contributed by atoms with van der Waals surface area (Å²) in [5, 5.41) is 7.45. The van der Waals surface area contributed by atoms with E-state index < -0.39 is 12.7 Å². The van der Waals surface area contributed by atoms with Crippen LogP contribution in [0.25, 0.3) is 0 Å². The van der Waals surface area contributed by atoms with Crippen LogP contribution in [0.3, 0.4) is 0 Å². The van der Waals surface area contributed by atoms with Gasteiger partial charge in [0.2, 0.25) is 0 Å². The topological polar surface area (TPSA) is 33.1 Å². The van der Waals surface area contributed by atoms with Gasteiger partial charge in [-0.1, -0.05) is 0 Å². The highest BCUT2D eigenvalue weighted by molar-refractivity contribution is 5.03. The maximum absolute atomic E-state index is 12.2. The first-order valence-electron chi connectivity index (χ1n) is 6.42. The zero-order valence-electron chi connectivity index (χ0n) is 11.0. The Bertz CT molecular complexity index is 394. The molecule has 0 aliphatic carbocycles. The molecule has 0 bridgehead atoms. The summed E-state index contributed by atoms with van der Waals surface area (Å²) in [5.74, 6) is 0. The molecule has 0 aromatic carbocycles. The van der Waals surface area contributed by atoms with Crippen molar-refractivity contribution in [3.8, 4) is 0 Å². The predicted octanol–water partition coefficient (Wildman–Crippen LogP) is 1.54. The Labute approximate surface area is 110 Å². The van der Waals surface area contributed by atoms with Crippen molar-refractivity contribution in [1.82, 2.24) is 20.0 Å². The van der Waals surface area contributed by atoms with Crippen molar-refractivity contribution in [3.63, 3.8) is 0 Å². The second-order valence-corrected chi connectivity index (χ2v) is 5.07. The molecule has 1 aliphatic rings. The zero-order valence-corrected chi connectivity index (χ0v) is 11.0. The Morgan fingerprint density at radius 2 is 2.05 bits per heavy atom. The largest absolute Gasteiger partial charge is 0.401 e. The highest BCUT2D eigenvalue weighted by Gasteiger charge is 2.32. The maximum atomic E-state index is 12.2. The molecule has 0 atom stereocenters. The molecule has 0 radical (unpaired) electrons. The van der Waals surface area contributed by atoms with Gasteiger partial charge >= 0.3 is 6.18 Å². The molecule has 7 heteroatoms. The van der Waals surface area contributed by atoms with Crippen LogP contribution in [0, 0.1) is 0 Å². The van der Waals surface area contributed by atoms with E-state index >= 15 is 0 Å². The second-order valence-electron chi connectivity index (χ2n) is 5.07. The molecule has 1 N–H and O–H groups in total. The van der Waals surface area contributed by atoms with Crippen molar-refractivity contribution in [1.29, 1.82) is 0 Å². The lowest BCUT2D eigenvalue weighted by Gasteiger charge is -2.32. The summed E-state index contributed by atoms with van der Waals surface area (Å²) < 4.78 is 38.5. The second kappa shape index (κ2) is 5.92. The molecule has 1 fully saturated rings. The highest BCUT2D eigenvalue weighted by atomic mass is 19.4. The van der Waals surface area contributed by atoms with Gasteiger partial charge in [0, 0.05) is 31.4 Å². The van der Waals surface area contributed by atoms with E-state index in [2.05, 4.69) is 10.4 Å². The van der Waals surface area contributed by atoms with E-state index in [0.717, 1.165) is 24.9 Å². The average Bonchev–Trinajstić information content (AvgIpc) is 2.72. The van der Waals surface area contributed by atoms with Gasteiger partial charge in [0.1, 0.15) is 0 Å². The summed E-state index contributed by atoms with van der Waals surface area (Å²) >= 11 is 0. The summed E-state index contributed by atoms with van der Waals surface area (Å²) in [5.41, 5.74) is 1.10. The molecular weight excluding hydrogens is 257 g/mol. The van der Waals surface area contributed by atoms with Gasteiger partial charge in [0.15, 0.2) is 0 Å². The van der Waals surface area contributed by atoms with E-state index in [0.29, 0.717) is 19.1 Å². The summed E-state index contributed by atoms with van der Waals surface area (Å²) in [6.45, 7) is 0.939. The van der Waals surface area contributed by atoms with Gasteiger partial charge < -0.3 is 5.32 Å². The Kier molecular flexibility index (Phi) is 4.46. The summed E-state index contributed by atoms with van der Waals surface area (Å²) in [4.78, 5) is 1.47. The monoisotopic (exact) mass is 276 g/mol. The minimum absolute atomic E-state index is 0.296. The van der Waals surface area contributed by atoms with Crippen molar-refractivity contribution < 1.29 is 13.2 Å². The number of aromatic nitrogens is 2. The lowest BCUT2D eigenvalue weighted by molar-refractivity contribution is -0.148. The van der Waals surface area contributed by atoms with Gasteiger partial charge in [0.25, 0.3) is 0 Å². The third-order valence-corrected chi connectivity index (χ3v) is 3.34. The van der Waals surface area contributed by atoms with Gasteiger partial charge in [-0.25, -0.2) is 0 Å². The van der Waals surface area contributed by atoms with E-state index in [9.17, 15) is 13.2 Å². The molecule has 0 saturated carbocycles. The zero-order chi connectivity index (χ0) is 13.9. The average molecular weight is 276 g/mol. The minimum atomic E-state index is -4.09. The molecule has 2 rings (SSSR count). The Morgan fingerprint density at radius 3 is 2.58 bits per heavy atom. The fourth-order valence-electron chi connectivity index (χ4n) is 2.37. The number of nitrogens with zero attached hydrogens (tertiary/aromatic N) is 3. The lowest BCUT2D eigenvalue weighted by Crippen LogP contribution is -2.45. The number of nitrogens with one attached hydrogen (secondary N) is 1. The quantitative estimate of drug-likeness (QED) is 0.905. The van der Waals surface area contributed by atoms with E-state index in [1.807, 2.05) is 13.2 Å². The van der Waals surface area contributed by atoms with Gasteiger partial charge in [-0.3, -0.25) is 9.58 Å². The van der Waals surface area contributed by atoms with Crippen LogP contribution in [-0.4, -0.2) is 46.5 Å². The Balaban J connectivity index is 1.69. The number of piperidine rings is 1. The van der Waals surface area contributed by atoms with Crippen LogP contribution in [0.15, 0.2) is 12.4 Å². The van der Waals surface area contributed by atoms with Crippen LogP contribution in [0.2, 0.25) is 0 Å². The molecule has 4 nitrogen and oxygen atoms in total. The molecule has 1 aromatic rings. The predicted molar refractivity (Wildman–Crippen MR) is 65.6 cm³/mol. The molecule has 0 unspecified atom stereocenters. The number of aryl methyl sites for hydroxylation is 1. The summed E-state index contributed by atoms with van der Waals surface area (Å²) in [7, 11) is 1.86. The highest BCUT2D eigenvalue weighted by Crippen LogP contribution is 2.19. The van der Waals surface area contributed by atoms with E-state index in [-0.39, 0.29) is 0 Å². The van der Waals surface area contributed by atoms with Crippen molar-refractivity contribution in [2.24, 2.45) is 7.05 Å². The molecule has 2 heterocycles. The molecular formula is C12H19F3N4. The smallest absolute Gasteiger partial charge is 0.310 e. The molecule has 1 saturated heterocycles. The van der Waals surface area contributed by atoms with Gasteiger partial charge in [-0.15, -0.1) is 0 Å². The first kappa shape index (κ1) is 14.3. The third kappa shape index (κ3) is 4.83. The van der Waals surface area contributed by atoms with Crippen molar-refractivity contribution in [2.75, 3.05) is 19.6 Å². The number of hydrogen-bond acceptors (Lipinski definition) is 3. The van der Waals surface area contributed by atoms with Gasteiger partial charge in [-0.2, -0.15) is 18.3 Å². The van der Waals surface area contributed by atoms with Crippen LogP contribution in [-0.2, 0) is 13.6 Å². The van der Waals surface area contributed by atoms with Gasteiger partial charge in [-0.05, 0) is 25.9 Å². The third-order valence-electron chi connectivity index (χ3n) is 3.34. The van der Waals surface area contributed by atoms with E-state index in [4.69, 9.17) is 0 Å². The first-order valence-corrected chi connectivity index (χ1v) is 6.42. The number of hydrogen-bond donors (Lipinski definition) is 1. The van der Waals surface area contributed by atoms with Gasteiger partial charge in [0.05, 0.1) is 12.7 Å². The van der Waals surface area contributed by atoms with Crippen LogP contribution in [0.1, 0.15) is 18.4 Å². The SMILES string of the molecule is Cn1cc(CNC2CCN(CC(F)(F)F)CC2)cn1. The fourth-order valence-corrected chi connectivity index (χ4v) is 2.37.